The highest BCUT2D eigenvalue weighted by Gasteiger charge is 2.37. The Hall–Kier alpha value is -2.10. The molecule has 0 unspecified atom stereocenters. The molecule has 1 N–H and O–H groups in total. The van der Waals surface area contributed by atoms with Gasteiger partial charge in [0.2, 0.25) is 0 Å². The number of aromatic amines is 1. The SMILES string of the molecule is CCc1cnc(Sc2ccc3nnc(C(F)(F)F)n3n2)[nH]1. The maximum atomic E-state index is 12.8. The van der Waals surface area contributed by atoms with Gasteiger partial charge >= 0.3 is 6.18 Å². The monoisotopic (exact) mass is 314 g/mol. The van der Waals surface area contributed by atoms with Crippen LogP contribution < -0.4 is 0 Å². The second kappa shape index (κ2) is 5.02. The normalized spacial score (nSPS) is 12.2. The van der Waals surface area contributed by atoms with Gasteiger partial charge in [0.15, 0.2) is 10.8 Å². The fourth-order valence-corrected chi connectivity index (χ4v) is 2.42. The first-order valence-electron chi connectivity index (χ1n) is 5.99. The number of aromatic nitrogens is 6. The van der Waals surface area contributed by atoms with Gasteiger partial charge in [0.05, 0.1) is 0 Å². The average Bonchev–Trinajstić information content (AvgIpc) is 3.03. The van der Waals surface area contributed by atoms with Gasteiger partial charge in [-0.2, -0.15) is 22.8 Å². The summed E-state index contributed by atoms with van der Waals surface area (Å²) < 4.78 is 39.0. The first-order chi connectivity index (χ1) is 9.97. The molecule has 0 aliphatic heterocycles. The van der Waals surface area contributed by atoms with Gasteiger partial charge in [-0.15, -0.1) is 10.2 Å². The Balaban J connectivity index is 1.96. The van der Waals surface area contributed by atoms with Crippen LogP contribution in [-0.2, 0) is 12.6 Å². The van der Waals surface area contributed by atoms with Crippen molar-refractivity contribution in [2.75, 3.05) is 0 Å². The summed E-state index contributed by atoms with van der Waals surface area (Å²) in [5.41, 5.74) is 0.985. The molecular weight excluding hydrogens is 305 g/mol. The summed E-state index contributed by atoms with van der Waals surface area (Å²) in [6.45, 7) is 1.97. The van der Waals surface area contributed by atoms with E-state index < -0.39 is 12.0 Å². The lowest BCUT2D eigenvalue weighted by Crippen LogP contribution is -2.12. The van der Waals surface area contributed by atoms with Crippen LogP contribution in [0, 0.1) is 0 Å². The first kappa shape index (κ1) is 13.9. The zero-order chi connectivity index (χ0) is 15.0. The predicted octanol–water partition coefficient (Wildman–Crippen LogP) is 2.58. The van der Waals surface area contributed by atoms with Gasteiger partial charge in [-0.25, -0.2) is 4.98 Å². The Morgan fingerprint density at radius 2 is 2.10 bits per heavy atom. The third-order valence-corrected chi connectivity index (χ3v) is 3.51. The number of H-pyrrole nitrogens is 1. The highest BCUT2D eigenvalue weighted by Crippen LogP contribution is 2.29. The maximum Gasteiger partial charge on any atom is 0.453 e. The van der Waals surface area contributed by atoms with Gasteiger partial charge in [0, 0.05) is 11.9 Å². The standard InChI is InChI=1S/C11H9F3N6S/c1-2-6-5-15-10(16-6)21-8-4-3-7-17-18-9(11(12,13)14)20(7)19-8/h3-5H,2H2,1H3,(H,15,16). The minimum atomic E-state index is -4.60. The number of aryl methyl sites for hydroxylation is 1. The predicted molar refractivity (Wildman–Crippen MR) is 67.9 cm³/mol. The molecule has 0 radical (unpaired) electrons. The van der Waals surface area contributed by atoms with Gasteiger partial charge < -0.3 is 4.98 Å². The number of fused-ring (bicyclic) bond motifs is 1. The minimum Gasteiger partial charge on any atom is -0.337 e. The Bertz CT molecular complexity index is 778. The Kier molecular flexibility index (Phi) is 3.32. The van der Waals surface area contributed by atoms with E-state index in [1.165, 1.54) is 6.07 Å². The van der Waals surface area contributed by atoms with Crippen LogP contribution in [0.2, 0.25) is 0 Å². The minimum absolute atomic E-state index is 0.0420. The third kappa shape index (κ3) is 2.71. The molecule has 0 spiro atoms. The fourth-order valence-electron chi connectivity index (χ4n) is 1.67. The van der Waals surface area contributed by atoms with E-state index in [4.69, 9.17) is 0 Å². The van der Waals surface area contributed by atoms with Crippen molar-refractivity contribution >= 4 is 17.4 Å². The molecule has 0 atom stereocenters. The molecule has 0 saturated heterocycles. The summed E-state index contributed by atoms with van der Waals surface area (Å²) in [4.78, 5) is 7.17. The van der Waals surface area contributed by atoms with Gasteiger partial charge in [0.25, 0.3) is 5.82 Å². The second-order valence-electron chi connectivity index (χ2n) is 4.13. The van der Waals surface area contributed by atoms with Crippen molar-refractivity contribution in [2.24, 2.45) is 0 Å². The molecule has 0 fully saturated rings. The quantitative estimate of drug-likeness (QED) is 0.804. The molecule has 110 valence electrons. The van der Waals surface area contributed by atoms with E-state index in [1.54, 1.807) is 12.3 Å². The summed E-state index contributed by atoms with van der Waals surface area (Å²) in [5, 5.41) is 11.4. The van der Waals surface area contributed by atoms with Crippen molar-refractivity contribution in [2.45, 2.75) is 29.7 Å². The van der Waals surface area contributed by atoms with E-state index in [0.717, 1.165) is 23.9 Å². The zero-order valence-electron chi connectivity index (χ0n) is 10.7. The summed E-state index contributed by atoms with van der Waals surface area (Å²) in [6, 6.07) is 3.00. The Labute approximate surface area is 120 Å². The average molecular weight is 314 g/mol. The van der Waals surface area contributed by atoms with E-state index in [-0.39, 0.29) is 5.65 Å². The second-order valence-corrected chi connectivity index (χ2v) is 5.14. The van der Waals surface area contributed by atoms with Gasteiger partial charge in [0.1, 0.15) is 5.03 Å². The zero-order valence-corrected chi connectivity index (χ0v) is 11.5. The fraction of sp³-hybridized carbons (Fsp3) is 0.273. The van der Waals surface area contributed by atoms with Crippen molar-refractivity contribution in [3.8, 4) is 0 Å². The number of alkyl halides is 3. The summed E-state index contributed by atoms with van der Waals surface area (Å²) in [6.07, 6.45) is -2.12. The highest BCUT2D eigenvalue weighted by molar-refractivity contribution is 7.99. The molecule has 0 aliphatic rings. The van der Waals surface area contributed by atoms with Crippen LogP contribution in [0.5, 0.6) is 0 Å². The molecule has 3 rings (SSSR count). The van der Waals surface area contributed by atoms with Crippen LogP contribution in [0.1, 0.15) is 18.4 Å². The first-order valence-corrected chi connectivity index (χ1v) is 6.80. The van der Waals surface area contributed by atoms with Crippen LogP contribution in [0.3, 0.4) is 0 Å². The van der Waals surface area contributed by atoms with Crippen molar-refractivity contribution < 1.29 is 13.2 Å². The van der Waals surface area contributed by atoms with E-state index in [9.17, 15) is 13.2 Å². The summed E-state index contributed by atoms with van der Waals surface area (Å²) >= 11 is 1.14. The van der Waals surface area contributed by atoms with E-state index in [0.29, 0.717) is 14.7 Å². The molecule has 0 aliphatic carbocycles. The molecule has 0 saturated carbocycles. The topological polar surface area (TPSA) is 71.8 Å². The molecule has 0 aromatic carbocycles. The largest absolute Gasteiger partial charge is 0.453 e. The summed E-state index contributed by atoms with van der Waals surface area (Å²) in [5.74, 6) is -1.14. The lowest BCUT2D eigenvalue weighted by atomic mass is 10.4. The molecular formula is C11H9F3N6S. The number of imidazole rings is 1. The number of hydrogen-bond donors (Lipinski definition) is 1. The van der Waals surface area contributed by atoms with E-state index >= 15 is 0 Å². The highest BCUT2D eigenvalue weighted by atomic mass is 32.2. The Morgan fingerprint density at radius 3 is 2.76 bits per heavy atom. The molecule has 3 heterocycles. The lowest BCUT2D eigenvalue weighted by molar-refractivity contribution is -0.146. The molecule has 0 bridgehead atoms. The van der Waals surface area contributed by atoms with Crippen LogP contribution >= 0.6 is 11.8 Å². The number of halogens is 3. The summed E-state index contributed by atoms with van der Waals surface area (Å²) in [7, 11) is 0. The number of rotatable bonds is 3. The van der Waals surface area contributed by atoms with Crippen molar-refractivity contribution in [3.63, 3.8) is 0 Å². The Morgan fingerprint density at radius 1 is 1.29 bits per heavy atom. The molecule has 0 amide bonds. The number of nitrogens with zero attached hydrogens (tertiary/aromatic N) is 5. The van der Waals surface area contributed by atoms with E-state index in [1.807, 2.05) is 6.92 Å². The van der Waals surface area contributed by atoms with Crippen LogP contribution in [0.4, 0.5) is 13.2 Å². The molecule has 3 aromatic rings. The van der Waals surface area contributed by atoms with Crippen LogP contribution in [-0.4, -0.2) is 29.8 Å². The van der Waals surface area contributed by atoms with Gasteiger partial charge in [-0.1, -0.05) is 6.92 Å². The van der Waals surface area contributed by atoms with Gasteiger partial charge in [-0.3, -0.25) is 0 Å². The third-order valence-electron chi connectivity index (χ3n) is 2.68. The molecule has 3 aromatic heterocycles. The van der Waals surface area contributed by atoms with Crippen molar-refractivity contribution in [1.82, 2.24) is 29.8 Å². The van der Waals surface area contributed by atoms with Crippen molar-refractivity contribution in [3.05, 3.63) is 29.8 Å². The van der Waals surface area contributed by atoms with Crippen molar-refractivity contribution in [1.29, 1.82) is 0 Å². The van der Waals surface area contributed by atoms with Gasteiger partial charge in [-0.05, 0) is 30.3 Å². The smallest absolute Gasteiger partial charge is 0.337 e. The van der Waals surface area contributed by atoms with Crippen LogP contribution in [0.15, 0.2) is 28.5 Å². The number of hydrogen-bond acceptors (Lipinski definition) is 5. The van der Waals surface area contributed by atoms with Crippen LogP contribution in [0.25, 0.3) is 5.65 Å². The maximum absolute atomic E-state index is 12.8. The molecule has 21 heavy (non-hydrogen) atoms. The molecule has 6 nitrogen and oxygen atoms in total. The molecule has 10 heteroatoms. The van der Waals surface area contributed by atoms with E-state index in [2.05, 4.69) is 25.3 Å². The number of nitrogens with one attached hydrogen (secondary N) is 1. The lowest BCUT2D eigenvalue weighted by Gasteiger charge is -2.03.